The quantitative estimate of drug-likeness (QED) is 0.615. The number of nitrogens with one attached hydrogen (secondary N) is 1. The molecular formula is C11H15ClN2O5. The fourth-order valence-corrected chi connectivity index (χ4v) is 2.64. The molecule has 7 nitrogen and oxygen atoms in total. The molecule has 8 heteroatoms. The van der Waals surface area contributed by atoms with Crippen LogP contribution < -0.4 is 11.2 Å². The minimum atomic E-state index is -1.14. The zero-order chi connectivity index (χ0) is 14.0. The molecule has 0 radical (unpaired) electrons. The Morgan fingerprint density at radius 2 is 2.32 bits per heavy atom. The van der Waals surface area contributed by atoms with E-state index in [-0.39, 0.29) is 25.3 Å². The van der Waals surface area contributed by atoms with Gasteiger partial charge in [0.2, 0.25) is 0 Å². The summed E-state index contributed by atoms with van der Waals surface area (Å²) in [6.07, 6.45) is 0.0274. The largest absolute Gasteiger partial charge is 0.394 e. The predicted octanol–water partition coefficient (Wildman–Crippen LogP) is -1.04. The van der Waals surface area contributed by atoms with E-state index in [4.69, 9.17) is 21.4 Å². The highest BCUT2D eigenvalue weighted by Crippen LogP contribution is 2.37. The average Bonchev–Trinajstić information content (AvgIpc) is 2.66. The van der Waals surface area contributed by atoms with E-state index in [1.165, 1.54) is 16.8 Å². The number of nitrogens with zero attached hydrogens (tertiary/aromatic N) is 1. The highest BCUT2D eigenvalue weighted by molar-refractivity contribution is 6.17. The maximum Gasteiger partial charge on any atom is 0.330 e. The number of H-pyrrole nitrogens is 1. The number of aliphatic hydroxyl groups is 2. The van der Waals surface area contributed by atoms with Crippen molar-refractivity contribution in [3.8, 4) is 0 Å². The number of aromatic nitrogens is 2. The summed E-state index contributed by atoms with van der Waals surface area (Å²) in [5.41, 5.74) is -2.29. The summed E-state index contributed by atoms with van der Waals surface area (Å²) >= 11 is 5.73. The third kappa shape index (κ3) is 2.59. The van der Waals surface area contributed by atoms with Crippen molar-refractivity contribution < 1.29 is 14.9 Å². The first kappa shape index (κ1) is 14.3. The molecule has 0 aromatic carbocycles. The van der Waals surface area contributed by atoms with Crippen molar-refractivity contribution in [3.63, 3.8) is 0 Å². The molecule has 3 atom stereocenters. The Morgan fingerprint density at radius 1 is 1.58 bits per heavy atom. The van der Waals surface area contributed by atoms with Crippen LogP contribution in [0.1, 0.15) is 12.8 Å². The van der Waals surface area contributed by atoms with Gasteiger partial charge in [0, 0.05) is 31.0 Å². The van der Waals surface area contributed by atoms with Gasteiger partial charge in [0.25, 0.3) is 5.56 Å². The first-order valence-electron chi connectivity index (χ1n) is 5.87. The van der Waals surface area contributed by atoms with Crippen LogP contribution in [0.25, 0.3) is 0 Å². The van der Waals surface area contributed by atoms with Gasteiger partial charge in [0.05, 0.1) is 12.7 Å². The van der Waals surface area contributed by atoms with Gasteiger partial charge in [0.15, 0.2) is 5.72 Å². The summed E-state index contributed by atoms with van der Waals surface area (Å²) in [5, 5.41) is 19.0. The Kier molecular flexibility index (Phi) is 4.10. The smallest absolute Gasteiger partial charge is 0.330 e. The van der Waals surface area contributed by atoms with Crippen molar-refractivity contribution >= 4 is 11.6 Å². The molecule has 0 saturated carbocycles. The van der Waals surface area contributed by atoms with Crippen molar-refractivity contribution in [1.29, 1.82) is 0 Å². The summed E-state index contributed by atoms with van der Waals surface area (Å²) in [7, 11) is 0. The molecule has 0 spiro atoms. The van der Waals surface area contributed by atoms with Gasteiger partial charge in [-0.05, 0) is 0 Å². The molecule has 0 unspecified atom stereocenters. The molecule has 19 heavy (non-hydrogen) atoms. The second-order valence-electron chi connectivity index (χ2n) is 4.48. The molecule has 1 aliphatic heterocycles. The lowest BCUT2D eigenvalue weighted by atomic mass is 10.0. The van der Waals surface area contributed by atoms with Gasteiger partial charge in [-0.2, -0.15) is 0 Å². The van der Waals surface area contributed by atoms with E-state index in [1.54, 1.807) is 0 Å². The topological polar surface area (TPSA) is 105 Å². The van der Waals surface area contributed by atoms with Crippen LogP contribution in [0.4, 0.5) is 0 Å². The highest BCUT2D eigenvalue weighted by Gasteiger charge is 2.47. The van der Waals surface area contributed by atoms with Crippen LogP contribution in [0.5, 0.6) is 0 Å². The number of aromatic amines is 1. The van der Waals surface area contributed by atoms with Gasteiger partial charge in [0.1, 0.15) is 6.10 Å². The third-order valence-corrected chi connectivity index (χ3v) is 3.45. The van der Waals surface area contributed by atoms with Crippen LogP contribution in [-0.2, 0) is 10.5 Å². The van der Waals surface area contributed by atoms with Gasteiger partial charge in [-0.3, -0.25) is 14.3 Å². The van der Waals surface area contributed by atoms with Crippen molar-refractivity contribution in [2.75, 3.05) is 12.5 Å². The van der Waals surface area contributed by atoms with E-state index in [9.17, 15) is 14.7 Å². The number of hydrogen-bond acceptors (Lipinski definition) is 5. The summed E-state index contributed by atoms with van der Waals surface area (Å²) in [6, 6.07) is 1.19. The monoisotopic (exact) mass is 290 g/mol. The molecule has 0 amide bonds. The molecule has 0 bridgehead atoms. The minimum Gasteiger partial charge on any atom is -0.394 e. The first-order valence-corrected chi connectivity index (χ1v) is 6.41. The molecule has 2 heterocycles. The first-order chi connectivity index (χ1) is 9.02. The van der Waals surface area contributed by atoms with E-state index in [0.717, 1.165) is 0 Å². The van der Waals surface area contributed by atoms with Crippen LogP contribution in [0.3, 0.4) is 0 Å². The molecule has 1 aromatic heterocycles. The fourth-order valence-electron chi connectivity index (χ4n) is 2.35. The molecule has 1 aromatic rings. The van der Waals surface area contributed by atoms with Crippen LogP contribution in [0.2, 0.25) is 0 Å². The van der Waals surface area contributed by atoms with Crippen molar-refractivity contribution in [3.05, 3.63) is 33.1 Å². The van der Waals surface area contributed by atoms with Gasteiger partial charge < -0.3 is 14.9 Å². The fraction of sp³-hybridized carbons (Fsp3) is 0.636. The lowest BCUT2D eigenvalue weighted by molar-refractivity contribution is -0.120. The van der Waals surface area contributed by atoms with Gasteiger partial charge in [-0.1, -0.05) is 0 Å². The second-order valence-corrected chi connectivity index (χ2v) is 4.85. The van der Waals surface area contributed by atoms with Crippen molar-refractivity contribution in [2.24, 2.45) is 0 Å². The lowest BCUT2D eigenvalue weighted by Gasteiger charge is -2.30. The molecule has 1 aliphatic rings. The number of aliphatic hydroxyl groups excluding tert-OH is 2. The highest BCUT2D eigenvalue weighted by atomic mass is 35.5. The van der Waals surface area contributed by atoms with Crippen LogP contribution >= 0.6 is 11.6 Å². The van der Waals surface area contributed by atoms with Crippen molar-refractivity contribution in [1.82, 2.24) is 9.55 Å². The molecular weight excluding hydrogens is 276 g/mol. The van der Waals surface area contributed by atoms with Crippen LogP contribution in [-0.4, -0.2) is 44.5 Å². The van der Waals surface area contributed by atoms with Crippen LogP contribution in [0, 0.1) is 0 Å². The molecule has 3 N–H and O–H groups in total. The summed E-state index contributed by atoms with van der Waals surface area (Å²) < 4.78 is 6.82. The zero-order valence-corrected chi connectivity index (χ0v) is 10.8. The number of hydrogen-bond donors (Lipinski definition) is 3. The van der Waals surface area contributed by atoms with E-state index in [2.05, 4.69) is 4.98 Å². The van der Waals surface area contributed by atoms with E-state index in [0.29, 0.717) is 0 Å². The SMILES string of the molecule is O=c1ccn([C@@]2(CCCl)C[C@H](O)[C@@H](CO)O2)c(=O)[nH]1. The molecule has 1 fully saturated rings. The molecule has 0 aliphatic carbocycles. The normalized spacial score (nSPS) is 30.7. The Balaban J connectivity index is 2.46. The number of halogens is 1. The maximum atomic E-state index is 11.8. The van der Waals surface area contributed by atoms with Crippen LogP contribution in [0.15, 0.2) is 21.9 Å². The Labute approximate surface area is 113 Å². The van der Waals surface area contributed by atoms with E-state index >= 15 is 0 Å². The number of rotatable bonds is 4. The molecule has 2 rings (SSSR count). The zero-order valence-electron chi connectivity index (χ0n) is 10.1. The Morgan fingerprint density at radius 3 is 2.84 bits per heavy atom. The third-order valence-electron chi connectivity index (χ3n) is 3.26. The number of alkyl halides is 1. The maximum absolute atomic E-state index is 11.8. The summed E-state index contributed by atoms with van der Waals surface area (Å²) in [6.45, 7) is -0.358. The standard InChI is InChI=1S/C11H15ClN2O5/c12-3-2-11(5-7(16)8(6-15)19-11)14-4-1-9(17)13-10(14)18/h1,4,7-8,15-16H,2-3,5-6H2,(H,13,17,18)/t7-,8+,11+/m0/s1. The van der Waals surface area contributed by atoms with Gasteiger partial charge in [-0.15, -0.1) is 11.6 Å². The van der Waals surface area contributed by atoms with Gasteiger partial charge in [-0.25, -0.2) is 4.79 Å². The predicted molar refractivity (Wildman–Crippen MR) is 67.2 cm³/mol. The average molecular weight is 291 g/mol. The summed E-state index contributed by atoms with van der Waals surface area (Å²) in [4.78, 5) is 25.1. The Bertz CT molecular complexity index is 557. The van der Waals surface area contributed by atoms with E-state index < -0.39 is 29.2 Å². The second kappa shape index (κ2) is 5.46. The molecule has 1 saturated heterocycles. The molecule has 106 valence electrons. The lowest BCUT2D eigenvalue weighted by Crippen LogP contribution is -2.44. The van der Waals surface area contributed by atoms with Crippen molar-refractivity contribution in [2.45, 2.75) is 30.8 Å². The summed E-state index contributed by atoms with van der Waals surface area (Å²) in [5.74, 6) is 0.205. The Hall–Kier alpha value is -1.15. The minimum absolute atomic E-state index is 0.122. The number of ether oxygens (including phenoxy) is 1. The van der Waals surface area contributed by atoms with Gasteiger partial charge >= 0.3 is 5.69 Å². The van der Waals surface area contributed by atoms with E-state index in [1.807, 2.05) is 0 Å².